The molecule has 0 amide bonds. The van der Waals surface area contributed by atoms with Crippen LogP contribution < -0.4 is 0 Å². The van der Waals surface area contributed by atoms with Gasteiger partial charge in [0.2, 0.25) is 0 Å². The monoisotopic (exact) mass is 349 g/mol. The number of carbonyl (C=O) groups excluding carboxylic acids is 1. The van der Waals surface area contributed by atoms with E-state index >= 15 is 0 Å². The van der Waals surface area contributed by atoms with E-state index in [1.165, 1.54) is 12.1 Å². The molecule has 0 unspecified atom stereocenters. The summed E-state index contributed by atoms with van der Waals surface area (Å²) >= 11 is 0. The summed E-state index contributed by atoms with van der Waals surface area (Å²) in [4.78, 5) is 17.8. The van der Waals surface area contributed by atoms with Crippen molar-refractivity contribution >= 4 is 16.9 Å². The first-order chi connectivity index (χ1) is 12.6. The predicted octanol–water partition coefficient (Wildman–Crippen LogP) is 5.17. The maximum absolute atomic E-state index is 13.1. The van der Waals surface area contributed by atoms with E-state index in [9.17, 15) is 9.18 Å². The lowest BCUT2D eigenvalue weighted by atomic mass is 9.90. The summed E-state index contributed by atoms with van der Waals surface area (Å²) in [5.74, 6) is -0.639. The van der Waals surface area contributed by atoms with Crippen molar-refractivity contribution in [1.82, 2.24) is 4.98 Å². The van der Waals surface area contributed by atoms with Crippen molar-refractivity contribution in [2.75, 3.05) is 0 Å². The van der Waals surface area contributed by atoms with Gasteiger partial charge < -0.3 is 4.74 Å². The van der Waals surface area contributed by atoms with Crippen LogP contribution in [0, 0.1) is 5.82 Å². The van der Waals surface area contributed by atoms with Crippen molar-refractivity contribution in [3.8, 4) is 0 Å². The van der Waals surface area contributed by atoms with Crippen LogP contribution in [0.5, 0.6) is 0 Å². The third kappa shape index (κ3) is 3.07. The first-order valence-electron chi connectivity index (χ1n) is 9.00. The number of fused-ring (bicyclic) bond motifs is 2. The lowest BCUT2D eigenvalue weighted by Crippen LogP contribution is -2.17. The molecular formula is C22H20FNO2. The second kappa shape index (κ2) is 6.87. The Morgan fingerprint density at radius 1 is 1.08 bits per heavy atom. The molecule has 0 saturated carbocycles. The van der Waals surface area contributed by atoms with Gasteiger partial charge in [0.25, 0.3) is 0 Å². The summed E-state index contributed by atoms with van der Waals surface area (Å²) in [5, 5.41) is 0.837. The SMILES string of the molecule is C[C@H](OC(=O)c1c2c(nc3ccccc13)CCCC2)c1ccc(F)cc1. The highest BCUT2D eigenvalue weighted by Gasteiger charge is 2.25. The van der Waals surface area contributed by atoms with Crippen LogP contribution >= 0.6 is 0 Å². The Balaban J connectivity index is 1.73. The van der Waals surface area contributed by atoms with Gasteiger partial charge in [0.1, 0.15) is 11.9 Å². The molecule has 26 heavy (non-hydrogen) atoms. The van der Waals surface area contributed by atoms with Crippen LogP contribution in [0.3, 0.4) is 0 Å². The molecule has 0 spiro atoms. The number of aryl methyl sites for hydroxylation is 1. The predicted molar refractivity (Wildman–Crippen MR) is 98.6 cm³/mol. The standard InChI is InChI=1S/C22H20FNO2/c1-14(15-10-12-16(23)13-11-15)26-22(25)21-17-6-2-4-8-19(17)24-20-9-5-3-7-18(20)21/h2,4,6,8,10-14H,3,5,7,9H2,1H3/t14-/m0/s1. The number of nitrogens with zero attached hydrogens (tertiary/aromatic N) is 1. The molecule has 132 valence electrons. The maximum Gasteiger partial charge on any atom is 0.339 e. The van der Waals surface area contributed by atoms with E-state index in [-0.39, 0.29) is 11.8 Å². The molecule has 0 radical (unpaired) electrons. The summed E-state index contributed by atoms with van der Waals surface area (Å²) < 4.78 is 18.9. The number of hydrogen-bond acceptors (Lipinski definition) is 3. The topological polar surface area (TPSA) is 39.2 Å². The maximum atomic E-state index is 13.1. The average Bonchev–Trinajstić information content (AvgIpc) is 2.66. The number of para-hydroxylation sites is 1. The van der Waals surface area contributed by atoms with Gasteiger partial charge in [-0.3, -0.25) is 4.98 Å². The Morgan fingerprint density at radius 2 is 1.81 bits per heavy atom. The van der Waals surface area contributed by atoms with Crippen LogP contribution in [0.1, 0.15) is 53.0 Å². The third-order valence-corrected chi connectivity index (χ3v) is 5.00. The van der Waals surface area contributed by atoms with Gasteiger partial charge in [-0.2, -0.15) is 0 Å². The molecule has 1 aliphatic rings. The first-order valence-corrected chi connectivity index (χ1v) is 9.00. The van der Waals surface area contributed by atoms with Crippen LogP contribution in [0.15, 0.2) is 48.5 Å². The molecule has 3 aromatic rings. The number of rotatable bonds is 3. The van der Waals surface area contributed by atoms with E-state index in [1.807, 2.05) is 24.3 Å². The van der Waals surface area contributed by atoms with E-state index in [2.05, 4.69) is 0 Å². The fourth-order valence-corrected chi connectivity index (χ4v) is 3.63. The second-order valence-electron chi connectivity index (χ2n) is 6.74. The Morgan fingerprint density at radius 3 is 2.62 bits per heavy atom. The molecule has 2 aromatic carbocycles. The van der Waals surface area contributed by atoms with Crippen LogP contribution in [-0.4, -0.2) is 11.0 Å². The zero-order chi connectivity index (χ0) is 18.1. The highest BCUT2D eigenvalue weighted by molar-refractivity contribution is 6.05. The fourth-order valence-electron chi connectivity index (χ4n) is 3.63. The van der Waals surface area contributed by atoms with Crippen molar-refractivity contribution in [3.63, 3.8) is 0 Å². The van der Waals surface area contributed by atoms with Gasteiger partial charge >= 0.3 is 5.97 Å². The van der Waals surface area contributed by atoms with Crippen LogP contribution in [0.25, 0.3) is 10.9 Å². The molecule has 0 saturated heterocycles. The minimum atomic E-state index is -0.450. The zero-order valence-corrected chi connectivity index (χ0v) is 14.7. The molecule has 1 atom stereocenters. The van der Waals surface area contributed by atoms with E-state index in [4.69, 9.17) is 9.72 Å². The molecule has 1 aromatic heterocycles. The number of carbonyl (C=O) groups is 1. The Bertz CT molecular complexity index is 966. The summed E-state index contributed by atoms with van der Waals surface area (Å²) in [6.07, 6.45) is 3.45. The molecule has 0 fully saturated rings. The summed E-state index contributed by atoms with van der Waals surface area (Å²) in [5.41, 5.74) is 4.27. The van der Waals surface area contributed by atoms with Gasteiger partial charge in [-0.05, 0) is 61.9 Å². The van der Waals surface area contributed by atoms with Crippen molar-refractivity contribution < 1.29 is 13.9 Å². The minimum absolute atomic E-state index is 0.304. The molecule has 0 aliphatic heterocycles. The van der Waals surface area contributed by atoms with E-state index in [1.54, 1.807) is 19.1 Å². The van der Waals surface area contributed by atoms with Gasteiger partial charge in [-0.25, -0.2) is 9.18 Å². The quantitative estimate of drug-likeness (QED) is 0.612. The number of halogens is 1. The van der Waals surface area contributed by atoms with E-state index in [0.717, 1.165) is 53.4 Å². The van der Waals surface area contributed by atoms with Gasteiger partial charge in [0, 0.05) is 11.1 Å². The molecule has 3 nitrogen and oxygen atoms in total. The summed E-state index contributed by atoms with van der Waals surface area (Å²) in [6.45, 7) is 1.81. The van der Waals surface area contributed by atoms with E-state index in [0.29, 0.717) is 5.56 Å². The van der Waals surface area contributed by atoms with Crippen LogP contribution in [0.4, 0.5) is 4.39 Å². The first kappa shape index (κ1) is 16.7. The lowest BCUT2D eigenvalue weighted by molar-refractivity contribution is 0.0338. The lowest BCUT2D eigenvalue weighted by Gasteiger charge is -2.21. The molecule has 0 bridgehead atoms. The van der Waals surface area contributed by atoms with Gasteiger partial charge in [0.05, 0.1) is 11.1 Å². The second-order valence-corrected chi connectivity index (χ2v) is 6.74. The Labute approximate surface area is 151 Å². The van der Waals surface area contributed by atoms with Crippen LogP contribution in [-0.2, 0) is 17.6 Å². The molecular weight excluding hydrogens is 329 g/mol. The molecule has 1 aliphatic carbocycles. The largest absolute Gasteiger partial charge is 0.454 e. The number of pyridine rings is 1. The minimum Gasteiger partial charge on any atom is -0.454 e. The molecule has 4 heteroatoms. The summed E-state index contributed by atoms with van der Waals surface area (Å²) in [6, 6.07) is 13.8. The van der Waals surface area contributed by atoms with Crippen molar-refractivity contribution in [2.24, 2.45) is 0 Å². The average molecular weight is 349 g/mol. The fraction of sp³-hybridized carbons (Fsp3) is 0.273. The van der Waals surface area contributed by atoms with Gasteiger partial charge in [0.15, 0.2) is 0 Å². The number of aromatic nitrogens is 1. The van der Waals surface area contributed by atoms with Crippen LogP contribution in [0.2, 0.25) is 0 Å². The normalized spacial score (nSPS) is 14.7. The highest BCUT2D eigenvalue weighted by atomic mass is 19.1. The van der Waals surface area contributed by atoms with Crippen molar-refractivity contribution in [2.45, 2.75) is 38.7 Å². The van der Waals surface area contributed by atoms with Gasteiger partial charge in [-0.15, -0.1) is 0 Å². The highest BCUT2D eigenvalue weighted by Crippen LogP contribution is 2.31. The third-order valence-electron chi connectivity index (χ3n) is 5.00. The summed E-state index contributed by atoms with van der Waals surface area (Å²) in [7, 11) is 0. The number of ether oxygens (including phenoxy) is 1. The van der Waals surface area contributed by atoms with Crippen molar-refractivity contribution in [1.29, 1.82) is 0 Å². The van der Waals surface area contributed by atoms with E-state index < -0.39 is 6.10 Å². The molecule has 0 N–H and O–H groups in total. The number of hydrogen-bond donors (Lipinski definition) is 0. The molecule has 4 rings (SSSR count). The van der Waals surface area contributed by atoms with Gasteiger partial charge in [-0.1, -0.05) is 30.3 Å². The number of esters is 1. The Hall–Kier alpha value is -2.75. The smallest absolute Gasteiger partial charge is 0.339 e. The number of benzene rings is 2. The zero-order valence-electron chi connectivity index (χ0n) is 14.7. The molecule has 1 heterocycles. The van der Waals surface area contributed by atoms with Crippen molar-refractivity contribution in [3.05, 3.63) is 76.7 Å². The Kier molecular flexibility index (Phi) is 4.41.